The van der Waals surface area contributed by atoms with Gasteiger partial charge in [0.2, 0.25) is 0 Å². The van der Waals surface area contributed by atoms with E-state index in [-0.39, 0.29) is 23.8 Å². The van der Waals surface area contributed by atoms with E-state index in [9.17, 15) is 9.90 Å². The molecule has 2 aliphatic heterocycles. The number of Topliss-reactive ketones (excluding diaryl/α,β-unsaturated/α-hetero) is 1. The fraction of sp³-hybridized carbons (Fsp3) is 0.316. The summed E-state index contributed by atoms with van der Waals surface area (Å²) in [5.41, 5.74) is 2.20. The molecule has 3 atom stereocenters. The Morgan fingerprint density at radius 1 is 1.00 bits per heavy atom. The number of benzene rings is 2. The van der Waals surface area contributed by atoms with Crippen molar-refractivity contribution in [2.45, 2.75) is 31.3 Å². The molecule has 2 heterocycles. The summed E-state index contributed by atoms with van der Waals surface area (Å²) in [6.07, 6.45) is 2.67. The molecule has 2 bridgehead atoms. The summed E-state index contributed by atoms with van der Waals surface area (Å²) < 4.78 is 0. The minimum absolute atomic E-state index is 0.0343. The number of carbonyl (C=O) groups is 1. The molecule has 3 fully saturated rings. The van der Waals surface area contributed by atoms with Crippen molar-refractivity contribution in [1.82, 2.24) is 0 Å². The predicted octanol–water partition coefficient (Wildman–Crippen LogP) is 3.69. The lowest BCUT2D eigenvalue weighted by Crippen LogP contribution is -2.54. The normalized spacial score (nSPS) is 27.2. The van der Waals surface area contributed by atoms with E-state index in [4.69, 9.17) is 0 Å². The third-order valence-corrected chi connectivity index (χ3v) is 5.00. The van der Waals surface area contributed by atoms with E-state index in [1.54, 1.807) is 12.1 Å². The number of carbonyl (C=O) groups excluding carboxylic acids is 1. The number of phenols is 1. The zero-order valence-corrected chi connectivity index (χ0v) is 12.4. The van der Waals surface area contributed by atoms with Crippen LogP contribution in [0.2, 0.25) is 0 Å². The Hall–Kier alpha value is -2.29. The lowest BCUT2D eigenvalue weighted by molar-refractivity contribution is -0.128. The number of hydrogen-bond acceptors (Lipinski definition) is 3. The minimum Gasteiger partial charge on any atom is -0.508 e. The number of para-hydroxylation sites is 1. The Kier molecular flexibility index (Phi) is 3.14. The van der Waals surface area contributed by atoms with Gasteiger partial charge in [0, 0.05) is 24.1 Å². The SMILES string of the molecule is O=C1CC2CCC1C(c1cccc(O)c1)N2c1ccccc1. The van der Waals surface area contributed by atoms with Gasteiger partial charge in [-0.1, -0.05) is 30.3 Å². The Morgan fingerprint density at radius 2 is 1.82 bits per heavy atom. The Morgan fingerprint density at radius 3 is 2.55 bits per heavy atom. The molecule has 3 heteroatoms. The van der Waals surface area contributed by atoms with Crippen LogP contribution in [-0.2, 0) is 4.79 Å². The number of anilines is 1. The van der Waals surface area contributed by atoms with E-state index in [0.29, 0.717) is 12.2 Å². The lowest BCUT2D eigenvalue weighted by atomic mass is 9.71. The number of ketones is 1. The number of fused-ring (bicyclic) bond motifs is 3. The molecule has 0 spiro atoms. The van der Waals surface area contributed by atoms with E-state index in [2.05, 4.69) is 17.0 Å². The Labute approximate surface area is 130 Å². The molecule has 2 aromatic carbocycles. The van der Waals surface area contributed by atoms with Crippen LogP contribution >= 0.6 is 0 Å². The molecule has 112 valence electrons. The fourth-order valence-corrected chi connectivity index (χ4v) is 4.08. The maximum atomic E-state index is 12.4. The maximum absolute atomic E-state index is 12.4. The minimum atomic E-state index is 0.0343. The second kappa shape index (κ2) is 5.16. The van der Waals surface area contributed by atoms with Crippen molar-refractivity contribution in [2.24, 2.45) is 5.92 Å². The van der Waals surface area contributed by atoms with Gasteiger partial charge in [0.1, 0.15) is 11.5 Å². The van der Waals surface area contributed by atoms with Gasteiger partial charge >= 0.3 is 0 Å². The first kappa shape index (κ1) is 13.4. The van der Waals surface area contributed by atoms with Crippen molar-refractivity contribution in [3.8, 4) is 5.75 Å². The van der Waals surface area contributed by atoms with Gasteiger partial charge in [-0.05, 0) is 42.7 Å². The molecule has 1 N–H and O–H groups in total. The van der Waals surface area contributed by atoms with E-state index < -0.39 is 0 Å². The molecule has 1 aliphatic carbocycles. The number of phenolic OH excluding ortho intramolecular Hbond substituents is 1. The number of hydrogen-bond donors (Lipinski definition) is 1. The van der Waals surface area contributed by atoms with Crippen LogP contribution in [0.15, 0.2) is 54.6 Å². The molecule has 3 unspecified atom stereocenters. The first-order valence-corrected chi connectivity index (χ1v) is 7.89. The van der Waals surface area contributed by atoms with Crippen LogP contribution in [0, 0.1) is 5.92 Å². The third-order valence-electron chi connectivity index (χ3n) is 5.00. The van der Waals surface area contributed by atoms with Gasteiger partial charge in [0.25, 0.3) is 0 Å². The van der Waals surface area contributed by atoms with Crippen LogP contribution in [0.1, 0.15) is 30.9 Å². The summed E-state index contributed by atoms with van der Waals surface area (Å²) >= 11 is 0. The van der Waals surface area contributed by atoms with Crippen LogP contribution < -0.4 is 4.90 Å². The van der Waals surface area contributed by atoms with Crippen molar-refractivity contribution >= 4 is 11.5 Å². The smallest absolute Gasteiger partial charge is 0.140 e. The highest BCUT2D eigenvalue weighted by Gasteiger charge is 2.47. The zero-order chi connectivity index (χ0) is 15.1. The maximum Gasteiger partial charge on any atom is 0.140 e. The quantitative estimate of drug-likeness (QED) is 0.918. The fourth-order valence-electron chi connectivity index (χ4n) is 4.08. The molecular formula is C19H19NO2. The Bertz CT molecular complexity index is 698. The topological polar surface area (TPSA) is 40.5 Å². The largest absolute Gasteiger partial charge is 0.508 e. The molecule has 0 amide bonds. The average Bonchev–Trinajstić information content (AvgIpc) is 2.55. The van der Waals surface area contributed by atoms with Gasteiger partial charge < -0.3 is 10.0 Å². The third kappa shape index (κ3) is 2.08. The first-order chi connectivity index (χ1) is 10.7. The van der Waals surface area contributed by atoms with E-state index in [1.165, 1.54) is 0 Å². The molecule has 2 saturated heterocycles. The first-order valence-electron chi connectivity index (χ1n) is 7.89. The number of piperidine rings is 2. The van der Waals surface area contributed by atoms with Gasteiger partial charge in [0.05, 0.1) is 6.04 Å². The molecular weight excluding hydrogens is 274 g/mol. The van der Waals surface area contributed by atoms with Gasteiger partial charge in [-0.2, -0.15) is 0 Å². The summed E-state index contributed by atoms with van der Waals surface area (Å²) in [5.74, 6) is 0.670. The number of aromatic hydroxyl groups is 1. The molecule has 3 aliphatic rings. The lowest BCUT2D eigenvalue weighted by Gasteiger charge is -2.52. The predicted molar refractivity (Wildman–Crippen MR) is 85.9 cm³/mol. The average molecular weight is 293 g/mol. The Balaban J connectivity index is 1.82. The van der Waals surface area contributed by atoms with Crippen molar-refractivity contribution < 1.29 is 9.90 Å². The van der Waals surface area contributed by atoms with Crippen molar-refractivity contribution in [2.75, 3.05) is 4.90 Å². The zero-order valence-electron chi connectivity index (χ0n) is 12.4. The number of rotatable bonds is 2. The summed E-state index contributed by atoms with van der Waals surface area (Å²) in [6.45, 7) is 0. The number of nitrogens with zero attached hydrogens (tertiary/aromatic N) is 1. The van der Waals surface area contributed by atoms with Crippen LogP contribution in [-0.4, -0.2) is 16.9 Å². The van der Waals surface area contributed by atoms with Crippen LogP contribution in [0.5, 0.6) is 5.75 Å². The van der Waals surface area contributed by atoms with Crippen LogP contribution in [0.25, 0.3) is 0 Å². The van der Waals surface area contributed by atoms with Gasteiger partial charge in [-0.3, -0.25) is 4.79 Å². The van der Waals surface area contributed by atoms with Gasteiger partial charge in [0.15, 0.2) is 0 Å². The van der Waals surface area contributed by atoms with E-state index in [0.717, 1.165) is 24.1 Å². The molecule has 1 saturated carbocycles. The molecule has 5 rings (SSSR count). The van der Waals surface area contributed by atoms with Crippen molar-refractivity contribution in [1.29, 1.82) is 0 Å². The van der Waals surface area contributed by atoms with Gasteiger partial charge in [-0.25, -0.2) is 0 Å². The van der Waals surface area contributed by atoms with Crippen molar-refractivity contribution in [3.63, 3.8) is 0 Å². The summed E-state index contributed by atoms with van der Waals surface area (Å²) in [5, 5.41) is 9.83. The molecule has 22 heavy (non-hydrogen) atoms. The van der Waals surface area contributed by atoms with Gasteiger partial charge in [-0.15, -0.1) is 0 Å². The summed E-state index contributed by atoms with van der Waals surface area (Å²) in [7, 11) is 0. The highest BCUT2D eigenvalue weighted by Crippen LogP contribution is 2.48. The molecule has 0 aromatic heterocycles. The van der Waals surface area contributed by atoms with Crippen LogP contribution in [0.4, 0.5) is 5.69 Å². The van der Waals surface area contributed by atoms with Crippen LogP contribution in [0.3, 0.4) is 0 Å². The van der Waals surface area contributed by atoms with Crippen molar-refractivity contribution in [3.05, 3.63) is 60.2 Å². The second-order valence-corrected chi connectivity index (χ2v) is 6.29. The molecule has 3 nitrogen and oxygen atoms in total. The summed E-state index contributed by atoms with van der Waals surface area (Å²) in [6, 6.07) is 18.0. The second-order valence-electron chi connectivity index (χ2n) is 6.29. The standard InChI is InChI=1S/C19H19NO2/c21-16-8-4-5-13(11-16)19-17-10-9-15(12-18(17)22)20(19)14-6-2-1-3-7-14/h1-8,11,15,17,19,21H,9-10,12H2. The highest BCUT2D eigenvalue weighted by molar-refractivity contribution is 5.86. The molecule has 2 aromatic rings. The van der Waals surface area contributed by atoms with E-state index >= 15 is 0 Å². The molecule has 0 radical (unpaired) electrons. The monoisotopic (exact) mass is 293 g/mol. The van der Waals surface area contributed by atoms with E-state index in [1.807, 2.05) is 30.3 Å². The highest BCUT2D eigenvalue weighted by atomic mass is 16.3. The summed E-state index contributed by atoms with van der Waals surface area (Å²) in [4.78, 5) is 14.8.